The fraction of sp³-hybridized carbons (Fsp3) is 0.833. The van der Waals surface area contributed by atoms with E-state index < -0.39 is 0 Å². The number of carbonyl (C=O) groups is 2. The first-order chi connectivity index (χ1) is 8.06. The average Bonchev–Trinajstić information content (AvgIpc) is 3.07. The van der Waals surface area contributed by atoms with Gasteiger partial charge >= 0.3 is 0 Å². The molecule has 2 amide bonds. The van der Waals surface area contributed by atoms with Crippen LogP contribution in [0.5, 0.6) is 0 Å². The highest BCUT2D eigenvalue weighted by Gasteiger charge is 2.28. The number of hydrogen-bond donors (Lipinski definition) is 1. The van der Waals surface area contributed by atoms with Crippen molar-refractivity contribution in [3.8, 4) is 0 Å². The topological polar surface area (TPSA) is 52.7 Å². The number of piperazine rings is 1. The second-order valence-corrected chi connectivity index (χ2v) is 5.31. The van der Waals surface area contributed by atoms with E-state index in [0.717, 1.165) is 6.54 Å². The van der Waals surface area contributed by atoms with Crippen molar-refractivity contribution >= 4 is 11.8 Å². The molecule has 1 saturated heterocycles. The zero-order valence-corrected chi connectivity index (χ0v) is 10.6. The Hall–Kier alpha value is -1.10. The Labute approximate surface area is 102 Å². The molecule has 1 aliphatic heterocycles. The molecule has 17 heavy (non-hydrogen) atoms. The van der Waals surface area contributed by atoms with Gasteiger partial charge in [-0.05, 0) is 25.3 Å². The Morgan fingerprint density at radius 3 is 2.65 bits per heavy atom. The van der Waals surface area contributed by atoms with Gasteiger partial charge in [0.05, 0.1) is 13.1 Å². The molecule has 96 valence electrons. The Morgan fingerprint density at radius 1 is 1.29 bits per heavy atom. The second kappa shape index (κ2) is 5.04. The van der Waals surface area contributed by atoms with Crippen molar-refractivity contribution in [3.05, 3.63) is 0 Å². The van der Waals surface area contributed by atoms with Gasteiger partial charge in [-0.15, -0.1) is 0 Å². The molecule has 0 bridgehead atoms. The molecule has 0 aromatic rings. The summed E-state index contributed by atoms with van der Waals surface area (Å²) in [5, 5.41) is 3.45. The maximum Gasteiger partial charge on any atom is 0.242 e. The molecular weight excluding hydrogens is 218 g/mol. The molecule has 2 rings (SSSR count). The van der Waals surface area contributed by atoms with Gasteiger partial charge in [0.2, 0.25) is 11.8 Å². The van der Waals surface area contributed by atoms with Crippen LogP contribution in [-0.4, -0.2) is 60.9 Å². The number of nitrogens with zero attached hydrogens (tertiary/aromatic N) is 2. The lowest BCUT2D eigenvalue weighted by Crippen LogP contribution is -2.53. The molecule has 2 aliphatic rings. The molecule has 0 radical (unpaired) electrons. The Balaban J connectivity index is 1.76. The zero-order valence-electron chi connectivity index (χ0n) is 10.6. The quantitative estimate of drug-likeness (QED) is 0.715. The summed E-state index contributed by atoms with van der Waals surface area (Å²) in [5.74, 6) is 0.494. The first-order valence-corrected chi connectivity index (χ1v) is 6.31. The SMILES string of the molecule is CC(CNC1CC1)CN1CC(=O)N(C)CC1=O. The van der Waals surface area contributed by atoms with Gasteiger partial charge in [-0.3, -0.25) is 9.59 Å². The third kappa shape index (κ3) is 3.43. The van der Waals surface area contributed by atoms with Crippen LogP contribution in [0.15, 0.2) is 0 Å². The van der Waals surface area contributed by atoms with E-state index in [2.05, 4.69) is 12.2 Å². The Bertz CT molecular complexity index is 315. The van der Waals surface area contributed by atoms with Crippen molar-refractivity contribution in [3.63, 3.8) is 0 Å². The van der Waals surface area contributed by atoms with Crippen LogP contribution >= 0.6 is 0 Å². The van der Waals surface area contributed by atoms with E-state index in [1.54, 1.807) is 11.9 Å². The van der Waals surface area contributed by atoms with Crippen LogP contribution in [0.2, 0.25) is 0 Å². The summed E-state index contributed by atoms with van der Waals surface area (Å²) in [5.41, 5.74) is 0. The number of amides is 2. The van der Waals surface area contributed by atoms with Gasteiger partial charge in [0.1, 0.15) is 0 Å². The standard InChI is InChI=1S/C12H21N3O2/c1-9(5-13-10-3-4-10)6-15-8-11(16)14(2)7-12(15)17/h9-10,13H,3-8H2,1-2H3. The van der Waals surface area contributed by atoms with Gasteiger partial charge in [-0.1, -0.05) is 6.92 Å². The number of nitrogens with one attached hydrogen (secondary N) is 1. The van der Waals surface area contributed by atoms with Crippen LogP contribution in [-0.2, 0) is 9.59 Å². The van der Waals surface area contributed by atoms with Crippen LogP contribution in [0.4, 0.5) is 0 Å². The summed E-state index contributed by atoms with van der Waals surface area (Å²) >= 11 is 0. The van der Waals surface area contributed by atoms with Crippen LogP contribution < -0.4 is 5.32 Å². The first-order valence-electron chi connectivity index (χ1n) is 6.31. The highest BCUT2D eigenvalue weighted by atomic mass is 16.2. The predicted molar refractivity (Wildman–Crippen MR) is 64.4 cm³/mol. The summed E-state index contributed by atoms with van der Waals surface area (Å²) in [6.45, 7) is 4.19. The third-order valence-corrected chi connectivity index (χ3v) is 3.34. The molecule has 0 aromatic carbocycles. The molecule has 1 saturated carbocycles. The first kappa shape index (κ1) is 12.4. The summed E-state index contributed by atoms with van der Waals surface area (Å²) in [7, 11) is 1.68. The molecule has 0 spiro atoms. The van der Waals surface area contributed by atoms with E-state index in [-0.39, 0.29) is 24.9 Å². The largest absolute Gasteiger partial charge is 0.335 e. The fourth-order valence-corrected chi connectivity index (χ4v) is 2.03. The zero-order chi connectivity index (χ0) is 12.4. The highest BCUT2D eigenvalue weighted by molar-refractivity contribution is 5.92. The summed E-state index contributed by atoms with van der Waals surface area (Å²) < 4.78 is 0. The molecule has 1 heterocycles. The van der Waals surface area contributed by atoms with Gasteiger partial charge < -0.3 is 15.1 Å². The molecule has 1 aliphatic carbocycles. The van der Waals surface area contributed by atoms with Gasteiger partial charge in [0, 0.05) is 19.6 Å². The van der Waals surface area contributed by atoms with Crippen molar-refractivity contribution in [2.45, 2.75) is 25.8 Å². The summed E-state index contributed by atoms with van der Waals surface area (Å²) in [6.07, 6.45) is 2.55. The second-order valence-electron chi connectivity index (χ2n) is 5.31. The Kier molecular flexibility index (Phi) is 3.66. The number of rotatable bonds is 5. The van der Waals surface area contributed by atoms with Gasteiger partial charge in [0.25, 0.3) is 0 Å². The molecule has 0 aromatic heterocycles. The van der Waals surface area contributed by atoms with E-state index in [1.165, 1.54) is 17.7 Å². The van der Waals surface area contributed by atoms with Crippen LogP contribution in [0.1, 0.15) is 19.8 Å². The third-order valence-electron chi connectivity index (χ3n) is 3.34. The summed E-state index contributed by atoms with van der Waals surface area (Å²) in [4.78, 5) is 26.4. The van der Waals surface area contributed by atoms with Crippen molar-refractivity contribution < 1.29 is 9.59 Å². The molecule has 1 atom stereocenters. The van der Waals surface area contributed by atoms with E-state index in [1.807, 2.05) is 0 Å². The molecular formula is C12H21N3O2. The normalized spacial score (nSPS) is 23.2. The lowest BCUT2D eigenvalue weighted by molar-refractivity contribution is -0.149. The maximum atomic E-state index is 11.7. The molecule has 1 unspecified atom stereocenters. The van der Waals surface area contributed by atoms with Gasteiger partial charge in [-0.2, -0.15) is 0 Å². The van der Waals surface area contributed by atoms with Crippen molar-refractivity contribution in [1.29, 1.82) is 0 Å². The lowest BCUT2D eigenvalue weighted by atomic mass is 10.1. The molecule has 1 N–H and O–H groups in total. The number of hydrogen-bond acceptors (Lipinski definition) is 3. The van der Waals surface area contributed by atoms with E-state index in [9.17, 15) is 9.59 Å². The molecule has 5 nitrogen and oxygen atoms in total. The average molecular weight is 239 g/mol. The molecule has 5 heteroatoms. The number of likely N-dealkylation sites (N-methyl/N-ethyl adjacent to an activating group) is 1. The van der Waals surface area contributed by atoms with E-state index >= 15 is 0 Å². The minimum absolute atomic E-state index is 0.0342. The predicted octanol–water partition coefficient (Wildman–Crippen LogP) is -0.325. The Morgan fingerprint density at radius 2 is 2.00 bits per heavy atom. The fourth-order valence-electron chi connectivity index (χ4n) is 2.03. The monoisotopic (exact) mass is 239 g/mol. The van der Waals surface area contributed by atoms with Crippen molar-refractivity contribution in [1.82, 2.24) is 15.1 Å². The highest BCUT2D eigenvalue weighted by Crippen LogP contribution is 2.19. The van der Waals surface area contributed by atoms with E-state index in [4.69, 9.17) is 0 Å². The maximum absolute atomic E-state index is 11.7. The minimum atomic E-state index is 0.0342. The van der Waals surface area contributed by atoms with Crippen molar-refractivity contribution in [2.75, 3.05) is 33.2 Å². The van der Waals surface area contributed by atoms with Crippen LogP contribution in [0, 0.1) is 5.92 Å². The van der Waals surface area contributed by atoms with Gasteiger partial charge in [0.15, 0.2) is 0 Å². The number of carbonyl (C=O) groups excluding carboxylic acids is 2. The van der Waals surface area contributed by atoms with Crippen LogP contribution in [0.3, 0.4) is 0 Å². The lowest BCUT2D eigenvalue weighted by Gasteiger charge is -2.33. The van der Waals surface area contributed by atoms with Gasteiger partial charge in [-0.25, -0.2) is 0 Å². The van der Waals surface area contributed by atoms with E-state index in [0.29, 0.717) is 18.5 Å². The van der Waals surface area contributed by atoms with Crippen LogP contribution in [0.25, 0.3) is 0 Å². The van der Waals surface area contributed by atoms with Crippen molar-refractivity contribution in [2.24, 2.45) is 5.92 Å². The smallest absolute Gasteiger partial charge is 0.242 e. The summed E-state index contributed by atoms with van der Waals surface area (Å²) in [6, 6.07) is 0.697. The minimum Gasteiger partial charge on any atom is -0.335 e. The molecule has 2 fully saturated rings.